The zero-order valence-corrected chi connectivity index (χ0v) is 18.7. The van der Waals surface area contributed by atoms with E-state index in [1.807, 2.05) is 31.2 Å². The lowest BCUT2D eigenvalue weighted by Crippen LogP contribution is -2.29. The van der Waals surface area contributed by atoms with Crippen molar-refractivity contribution in [3.8, 4) is 0 Å². The molecular weight excluding hydrogens is 490 g/mol. The first-order valence-electron chi connectivity index (χ1n) is 9.15. The number of benzene rings is 2. The summed E-state index contributed by atoms with van der Waals surface area (Å²) in [4.78, 5) is 28.4. The highest BCUT2D eigenvalue weighted by molar-refractivity contribution is 9.10. The Morgan fingerprint density at radius 1 is 1.20 bits per heavy atom. The molecule has 0 aliphatic carbocycles. The van der Waals surface area contributed by atoms with Crippen LogP contribution in [0.2, 0.25) is 5.02 Å². The minimum absolute atomic E-state index is 0.0213. The Balaban J connectivity index is 1.82. The van der Waals surface area contributed by atoms with E-state index in [-0.39, 0.29) is 16.8 Å². The van der Waals surface area contributed by atoms with Gasteiger partial charge in [0.2, 0.25) is 10.9 Å². The predicted octanol–water partition coefficient (Wildman–Crippen LogP) is 5.37. The third-order valence-corrected chi connectivity index (χ3v) is 6.76. The SMILES string of the molecule is CCc1nnc(N2C(=O)c3oc4ccc(Cl)cc4c(=O)c3[C@@H]2c2cccc(Br)c2)s1. The zero-order chi connectivity index (χ0) is 21.0. The van der Waals surface area contributed by atoms with Gasteiger partial charge in [0.15, 0.2) is 5.43 Å². The summed E-state index contributed by atoms with van der Waals surface area (Å²) < 4.78 is 6.75. The van der Waals surface area contributed by atoms with E-state index < -0.39 is 11.9 Å². The Morgan fingerprint density at radius 3 is 2.77 bits per heavy atom. The van der Waals surface area contributed by atoms with Crippen LogP contribution in [0.25, 0.3) is 11.0 Å². The molecule has 1 aliphatic rings. The van der Waals surface area contributed by atoms with Gasteiger partial charge in [-0.05, 0) is 42.3 Å². The molecule has 6 nitrogen and oxygen atoms in total. The van der Waals surface area contributed by atoms with E-state index in [0.29, 0.717) is 27.5 Å². The number of amides is 1. The number of hydrogen-bond donors (Lipinski definition) is 0. The van der Waals surface area contributed by atoms with Crippen LogP contribution in [0.1, 0.15) is 39.7 Å². The first-order valence-corrected chi connectivity index (χ1v) is 11.1. The van der Waals surface area contributed by atoms with Crippen LogP contribution in [0.4, 0.5) is 5.13 Å². The minimum Gasteiger partial charge on any atom is -0.450 e. The average Bonchev–Trinajstić information content (AvgIpc) is 3.31. The lowest BCUT2D eigenvalue weighted by atomic mass is 9.99. The molecule has 0 radical (unpaired) electrons. The number of hydrogen-bond acceptors (Lipinski definition) is 6. The molecular formula is C21H13BrClN3O3S. The molecule has 0 bridgehead atoms. The molecule has 1 aliphatic heterocycles. The highest BCUT2D eigenvalue weighted by Gasteiger charge is 2.45. The van der Waals surface area contributed by atoms with Crippen LogP contribution in [0.15, 0.2) is 56.1 Å². The summed E-state index contributed by atoms with van der Waals surface area (Å²) in [6.07, 6.45) is 0.702. The van der Waals surface area contributed by atoms with Crippen molar-refractivity contribution in [2.75, 3.05) is 4.90 Å². The summed E-state index contributed by atoms with van der Waals surface area (Å²) in [5, 5.41) is 10.3. The van der Waals surface area contributed by atoms with E-state index in [0.717, 1.165) is 15.0 Å². The molecule has 2 aromatic heterocycles. The standard InChI is InChI=1S/C21H13BrClN3O3S/c1-2-15-24-25-21(30-15)26-17(10-4-3-5-11(22)8-10)16-18(27)13-9-12(23)6-7-14(13)29-19(16)20(26)28/h3-9,17H,2H2,1H3/t17-/m0/s1. The molecule has 0 spiro atoms. The fourth-order valence-corrected chi connectivity index (χ4v) is 5.01. The van der Waals surface area contributed by atoms with E-state index in [4.69, 9.17) is 16.0 Å². The van der Waals surface area contributed by atoms with Gasteiger partial charge >= 0.3 is 0 Å². The fraction of sp³-hybridized carbons (Fsp3) is 0.143. The van der Waals surface area contributed by atoms with Crippen LogP contribution in [0, 0.1) is 0 Å². The fourth-order valence-electron chi connectivity index (χ4n) is 3.62. The number of halogens is 2. The van der Waals surface area contributed by atoms with Crippen LogP contribution in [0.5, 0.6) is 0 Å². The highest BCUT2D eigenvalue weighted by Crippen LogP contribution is 2.42. The van der Waals surface area contributed by atoms with E-state index in [2.05, 4.69) is 26.1 Å². The number of anilines is 1. The van der Waals surface area contributed by atoms with E-state index >= 15 is 0 Å². The van der Waals surface area contributed by atoms with E-state index in [1.165, 1.54) is 16.2 Å². The molecule has 5 rings (SSSR count). The van der Waals surface area contributed by atoms with Gasteiger partial charge in [-0.2, -0.15) is 0 Å². The van der Waals surface area contributed by atoms with Gasteiger partial charge in [-0.15, -0.1) is 10.2 Å². The number of carbonyl (C=O) groups excluding carboxylic acids is 1. The van der Waals surface area contributed by atoms with Crippen LogP contribution < -0.4 is 10.3 Å². The highest BCUT2D eigenvalue weighted by atomic mass is 79.9. The second-order valence-corrected chi connectivity index (χ2v) is 9.17. The van der Waals surface area contributed by atoms with Crippen LogP contribution in [-0.4, -0.2) is 16.1 Å². The van der Waals surface area contributed by atoms with Crippen molar-refractivity contribution in [1.29, 1.82) is 0 Å². The minimum atomic E-state index is -0.678. The van der Waals surface area contributed by atoms with Gasteiger partial charge in [0.1, 0.15) is 10.6 Å². The summed E-state index contributed by atoms with van der Waals surface area (Å²) in [6, 6.07) is 11.6. The molecule has 2 aromatic carbocycles. The third kappa shape index (κ3) is 2.98. The number of nitrogens with zero attached hydrogens (tertiary/aromatic N) is 3. The quantitative estimate of drug-likeness (QED) is 0.376. The topological polar surface area (TPSA) is 76.3 Å². The molecule has 9 heteroatoms. The monoisotopic (exact) mass is 501 g/mol. The van der Waals surface area contributed by atoms with Crippen molar-refractivity contribution in [1.82, 2.24) is 10.2 Å². The zero-order valence-electron chi connectivity index (χ0n) is 15.6. The number of aryl methyl sites for hydroxylation is 1. The van der Waals surface area contributed by atoms with Crippen LogP contribution in [-0.2, 0) is 6.42 Å². The molecule has 30 heavy (non-hydrogen) atoms. The van der Waals surface area contributed by atoms with Gasteiger partial charge in [-0.25, -0.2) is 0 Å². The van der Waals surface area contributed by atoms with Gasteiger partial charge < -0.3 is 4.42 Å². The number of carbonyl (C=O) groups is 1. The number of aromatic nitrogens is 2. The van der Waals surface area contributed by atoms with Crippen molar-refractivity contribution in [3.63, 3.8) is 0 Å². The number of fused-ring (bicyclic) bond motifs is 2. The van der Waals surface area contributed by atoms with Gasteiger partial charge in [-0.1, -0.05) is 57.9 Å². The van der Waals surface area contributed by atoms with Gasteiger partial charge in [0.05, 0.1) is 17.0 Å². The van der Waals surface area contributed by atoms with E-state index in [9.17, 15) is 9.59 Å². The number of rotatable bonds is 3. The Bertz CT molecular complexity index is 1380. The summed E-state index contributed by atoms with van der Waals surface area (Å²) in [6.45, 7) is 1.97. The molecule has 0 saturated heterocycles. The first kappa shape index (κ1) is 19.4. The maximum absolute atomic E-state index is 13.5. The Hall–Kier alpha value is -2.55. The molecule has 4 aromatic rings. The maximum atomic E-state index is 13.5. The normalized spacial score (nSPS) is 15.8. The maximum Gasteiger partial charge on any atom is 0.297 e. The van der Waals surface area contributed by atoms with Crippen molar-refractivity contribution in [2.45, 2.75) is 19.4 Å². The molecule has 1 atom stereocenters. The second-order valence-electron chi connectivity index (χ2n) is 6.78. The van der Waals surface area contributed by atoms with Crippen molar-refractivity contribution in [2.24, 2.45) is 0 Å². The average molecular weight is 503 g/mol. The molecule has 1 amide bonds. The van der Waals surface area contributed by atoms with Crippen molar-refractivity contribution >= 4 is 60.9 Å². The smallest absolute Gasteiger partial charge is 0.297 e. The third-order valence-electron chi connectivity index (χ3n) is 4.96. The van der Waals surface area contributed by atoms with Gasteiger partial charge in [0, 0.05) is 9.50 Å². The molecule has 150 valence electrons. The van der Waals surface area contributed by atoms with Crippen LogP contribution >= 0.6 is 38.9 Å². The molecule has 3 heterocycles. The van der Waals surface area contributed by atoms with Gasteiger partial charge in [0.25, 0.3) is 5.91 Å². The van der Waals surface area contributed by atoms with E-state index in [1.54, 1.807) is 18.2 Å². The second kappa shape index (κ2) is 7.30. The summed E-state index contributed by atoms with van der Waals surface area (Å²) in [7, 11) is 0. The summed E-state index contributed by atoms with van der Waals surface area (Å²) in [5.41, 5.74) is 1.08. The molecule has 0 N–H and O–H groups in total. The van der Waals surface area contributed by atoms with Crippen LogP contribution in [0.3, 0.4) is 0 Å². The largest absolute Gasteiger partial charge is 0.450 e. The molecule has 0 fully saturated rings. The van der Waals surface area contributed by atoms with Crippen molar-refractivity contribution < 1.29 is 9.21 Å². The van der Waals surface area contributed by atoms with Gasteiger partial charge in [-0.3, -0.25) is 14.5 Å². The lowest BCUT2D eigenvalue weighted by Gasteiger charge is -2.22. The molecule has 0 unspecified atom stereocenters. The Kier molecular flexibility index (Phi) is 4.72. The molecule has 0 saturated carbocycles. The van der Waals surface area contributed by atoms with Crippen molar-refractivity contribution in [3.05, 3.63) is 84.1 Å². The predicted molar refractivity (Wildman–Crippen MR) is 120 cm³/mol. The lowest BCUT2D eigenvalue weighted by molar-refractivity contribution is 0.0970. The Labute approximate surface area is 188 Å². The first-order chi connectivity index (χ1) is 14.5. The Morgan fingerprint density at radius 2 is 2.03 bits per heavy atom. The summed E-state index contributed by atoms with van der Waals surface area (Å²) >= 11 is 10.9. The summed E-state index contributed by atoms with van der Waals surface area (Å²) in [5.74, 6) is -0.393.